The lowest BCUT2D eigenvalue weighted by molar-refractivity contribution is -0.137. The average molecular weight is 331 g/mol. The van der Waals surface area contributed by atoms with Crippen LogP contribution in [0.4, 0.5) is 5.69 Å². The summed E-state index contributed by atoms with van der Waals surface area (Å²) in [5.74, 6) is -1.68. The molecule has 0 amide bonds. The molecular formula is C17H17NO4S. The number of nitrogens with zero attached hydrogens (tertiary/aromatic N) is 1. The van der Waals surface area contributed by atoms with Gasteiger partial charge >= 0.3 is 5.97 Å². The first-order valence-electron chi connectivity index (χ1n) is 7.32. The second kappa shape index (κ2) is 6.04. The molecule has 0 fully saturated rings. The van der Waals surface area contributed by atoms with Crippen LogP contribution in [-0.2, 0) is 21.4 Å². The number of sulfonamides is 1. The first-order valence-corrected chi connectivity index (χ1v) is 8.93. The standard InChI is InChI=1S/C17H17NO4S/c19-17(20)10-14-12-23(21,22)18(11-13-6-2-1-3-7-13)16-9-5-4-8-15(14)16/h1-9,14H,10-12H2,(H,19,20). The molecule has 1 aliphatic heterocycles. The van der Waals surface area contributed by atoms with E-state index < -0.39 is 21.9 Å². The maximum Gasteiger partial charge on any atom is 0.303 e. The number of benzene rings is 2. The second-order valence-corrected chi connectivity index (χ2v) is 7.56. The van der Waals surface area contributed by atoms with E-state index in [-0.39, 0.29) is 18.7 Å². The number of carboxylic acids is 1. The summed E-state index contributed by atoms with van der Waals surface area (Å²) in [6.45, 7) is 0.250. The SMILES string of the molecule is O=C(O)CC1CS(=O)(=O)N(Cc2ccccc2)c2ccccc21. The minimum atomic E-state index is -3.56. The summed E-state index contributed by atoms with van der Waals surface area (Å²) in [4.78, 5) is 11.1. The quantitative estimate of drug-likeness (QED) is 0.934. The van der Waals surface area contributed by atoms with Crippen LogP contribution < -0.4 is 4.31 Å². The summed E-state index contributed by atoms with van der Waals surface area (Å²) >= 11 is 0. The van der Waals surface area contributed by atoms with Gasteiger partial charge in [0.05, 0.1) is 24.4 Å². The van der Waals surface area contributed by atoms with Crippen molar-refractivity contribution in [2.75, 3.05) is 10.1 Å². The normalized spacial score (nSPS) is 19.1. The molecule has 1 N–H and O–H groups in total. The van der Waals surface area contributed by atoms with Gasteiger partial charge in [0, 0.05) is 5.92 Å². The highest BCUT2D eigenvalue weighted by molar-refractivity contribution is 7.92. The Labute approximate surface area is 135 Å². The van der Waals surface area contributed by atoms with Crippen molar-refractivity contribution in [2.24, 2.45) is 0 Å². The fourth-order valence-corrected chi connectivity index (χ4v) is 4.75. The van der Waals surface area contributed by atoms with Crippen molar-refractivity contribution < 1.29 is 18.3 Å². The van der Waals surface area contributed by atoms with E-state index >= 15 is 0 Å². The zero-order valence-electron chi connectivity index (χ0n) is 12.4. The van der Waals surface area contributed by atoms with Gasteiger partial charge in [-0.05, 0) is 17.2 Å². The summed E-state index contributed by atoms with van der Waals surface area (Å²) < 4.78 is 26.7. The van der Waals surface area contributed by atoms with Gasteiger partial charge in [0.25, 0.3) is 0 Å². The second-order valence-electron chi connectivity index (χ2n) is 5.62. The van der Waals surface area contributed by atoms with Crippen molar-refractivity contribution in [3.05, 3.63) is 65.7 Å². The maximum absolute atomic E-state index is 12.7. The molecule has 0 saturated carbocycles. The Morgan fingerprint density at radius 3 is 2.43 bits per heavy atom. The van der Waals surface area contributed by atoms with Crippen molar-refractivity contribution in [3.63, 3.8) is 0 Å². The van der Waals surface area contributed by atoms with Crippen molar-refractivity contribution >= 4 is 21.7 Å². The molecule has 0 radical (unpaired) electrons. The van der Waals surface area contributed by atoms with Crippen LogP contribution in [0.5, 0.6) is 0 Å². The molecule has 0 aliphatic carbocycles. The molecule has 1 aliphatic rings. The molecule has 2 aromatic carbocycles. The molecule has 0 spiro atoms. The predicted octanol–water partition coefficient (Wildman–Crippen LogP) is 2.59. The number of aliphatic carboxylic acids is 1. The number of rotatable bonds is 4. The number of hydrogen-bond acceptors (Lipinski definition) is 3. The van der Waals surface area contributed by atoms with Gasteiger partial charge in [-0.25, -0.2) is 8.42 Å². The molecule has 1 unspecified atom stereocenters. The monoisotopic (exact) mass is 331 g/mol. The van der Waals surface area contributed by atoms with Crippen LogP contribution >= 0.6 is 0 Å². The summed E-state index contributed by atoms with van der Waals surface area (Å²) in [6.07, 6.45) is -0.185. The van der Waals surface area contributed by atoms with Crippen LogP contribution in [0.25, 0.3) is 0 Å². The van der Waals surface area contributed by atoms with E-state index in [4.69, 9.17) is 5.11 Å². The van der Waals surface area contributed by atoms with Gasteiger partial charge in [-0.1, -0.05) is 48.5 Å². The molecule has 3 rings (SSSR count). The molecule has 1 heterocycles. The summed E-state index contributed by atoms with van der Waals surface area (Å²) in [5.41, 5.74) is 2.25. The smallest absolute Gasteiger partial charge is 0.303 e. The summed E-state index contributed by atoms with van der Waals surface area (Å²) in [7, 11) is -3.56. The molecular weight excluding hydrogens is 314 g/mol. The molecule has 23 heavy (non-hydrogen) atoms. The molecule has 0 bridgehead atoms. The lowest BCUT2D eigenvalue weighted by atomic mass is 9.95. The van der Waals surface area contributed by atoms with Gasteiger partial charge in [0.2, 0.25) is 10.0 Å². The maximum atomic E-state index is 12.7. The highest BCUT2D eigenvalue weighted by Gasteiger charge is 2.36. The van der Waals surface area contributed by atoms with Crippen molar-refractivity contribution in [1.82, 2.24) is 0 Å². The van der Waals surface area contributed by atoms with E-state index in [0.717, 1.165) is 11.1 Å². The van der Waals surface area contributed by atoms with E-state index in [0.29, 0.717) is 5.69 Å². The molecule has 2 aromatic rings. The first kappa shape index (κ1) is 15.6. The van der Waals surface area contributed by atoms with Gasteiger partial charge < -0.3 is 5.11 Å². The lowest BCUT2D eigenvalue weighted by Crippen LogP contribution is -2.39. The molecule has 1 atom stereocenters. The molecule has 0 aromatic heterocycles. The van der Waals surface area contributed by atoms with Gasteiger partial charge in [-0.3, -0.25) is 9.10 Å². The van der Waals surface area contributed by atoms with Crippen LogP contribution in [0.15, 0.2) is 54.6 Å². The number of anilines is 1. The van der Waals surface area contributed by atoms with Crippen molar-refractivity contribution in [1.29, 1.82) is 0 Å². The van der Waals surface area contributed by atoms with E-state index in [1.165, 1.54) is 4.31 Å². The molecule has 120 valence electrons. The minimum Gasteiger partial charge on any atom is -0.481 e. The number of para-hydroxylation sites is 1. The third-order valence-electron chi connectivity index (χ3n) is 3.98. The zero-order valence-corrected chi connectivity index (χ0v) is 13.2. The highest BCUT2D eigenvalue weighted by Crippen LogP contribution is 2.38. The Balaban J connectivity index is 2.03. The molecule has 6 heteroatoms. The minimum absolute atomic E-state index is 0.177. The number of fused-ring (bicyclic) bond motifs is 1. The van der Waals surface area contributed by atoms with E-state index in [9.17, 15) is 13.2 Å². The fraction of sp³-hybridized carbons (Fsp3) is 0.235. The summed E-state index contributed by atoms with van der Waals surface area (Å²) in [6, 6.07) is 16.5. The molecule has 0 saturated heterocycles. The van der Waals surface area contributed by atoms with Gasteiger partial charge in [0.1, 0.15) is 0 Å². The van der Waals surface area contributed by atoms with Crippen molar-refractivity contribution in [2.45, 2.75) is 18.9 Å². The predicted molar refractivity (Wildman–Crippen MR) is 87.8 cm³/mol. The van der Waals surface area contributed by atoms with Gasteiger partial charge in [-0.2, -0.15) is 0 Å². The van der Waals surface area contributed by atoms with Crippen LogP contribution in [0, 0.1) is 0 Å². The third kappa shape index (κ3) is 3.22. The van der Waals surface area contributed by atoms with Crippen LogP contribution in [0.3, 0.4) is 0 Å². The van der Waals surface area contributed by atoms with Crippen LogP contribution in [0.1, 0.15) is 23.5 Å². The number of carboxylic acid groups (broad SMARTS) is 1. The van der Waals surface area contributed by atoms with Gasteiger partial charge in [0.15, 0.2) is 0 Å². The average Bonchev–Trinajstić information content (AvgIpc) is 2.51. The van der Waals surface area contributed by atoms with Crippen LogP contribution in [0.2, 0.25) is 0 Å². The molecule has 5 nitrogen and oxygen atoms in total. The topological polar surface area (TPSA) is 74.7 Å². The van der Waals surface area contributed by atoms with Crippen molar-refractivity contribution in [3.8, 4) is 0 Å². The summed E-state index contributed by atoms with van der Waals surface area (Å²) in [5, 5.41) is 9.05. The Bertz CT molecular complexity index is 817. The van der Waals surface area contributed by atoms with E-state index in [1.807, 2.05) is 42.5 Å². The Morgan fingerprint density at radius 2 is 1.74 bits per heavy atom. The van der Waals surface area contributed by atoms with E-state index in [2.05, 4.69) is 0 Å². The third-order valence-corrected chi connectivity index (χ3v) is 5.80. The Kier molecular flexibility index (Phi) is 4.09. The van der Waals surface area contributed by atoms with E-state index in [1.54, 1.807) is 12.1 Å². The number of hydrogen-bond donors (Lipinski definition) is 1. The number of carbonyl (C=O) groups is 1. The lowest BCUT2D eigenvalue weighted by Gasteiger charge is -2.34. The van der Waals surface area contributed by atoms with Gasteiger partial charge in [-0.15, -0.1) is 0 Å². The zero-order chi connectivity index (χ0) is 16.4. The fourth-order valence-electron chi connectivity index (χ4n) is 2.96. The Hall–Kier alpha value is -2.34. The Morgan fingerprint density at radius 1 is 1.09 bits per heavy atom. The van der Waals surface area contributed by atoms with Crippen LogP contribution in [-0.4, -0.2) is 25.2 Å². The highest BCUT2D eigenvalue weighted by atomic mass is 32.2. The first-order chi connectivity index (χ1) is 11.0. The largest absolute Gasteiger partial charge is 0.481 e.